The number of fused-ring (bicyclic) bond motifs is 5. The zero-order chi connectivity index (χ0) is 17.1. The van der Waals surface area contributed by atoms with Crippen LogP contribution in [0.25, 0.3) is 0 Å². The van der Waals surface area contributed by atoms with Crippen molar-refractivity contribution in [3.05, 3.63) is 11.6 Å². The van der Waals surface area contributed by atoms with Crippen molar-refractivity contribution >= 4 is 22.7 Å². The minimum Gasteiger partial charge on any atom is -0.299 e. The number of hydrogen-bond donors (Lipinski definition) is 0. The topological polar surface area (TPSA) is 34.1 Å². The number of Topliss-reactive ketones (excluding diaryl/α,β-unsaturated/α-hetero) is 1. The van der Waals surface area contributed by atoms with Crippen molar-refractivity contribution in [2.75, 3.05) is 0 Å². The van der Waals surface area contributed by atoms with Crippen LogP contribution in [0.15, 0.2) is 11.6 Å². The van der Waals surface area contributed by atoms with Crippen LogP contribution in [0.4, 0.5) is 0 Å². The molecule has 6 atom stereocenters. The molecule has 0 aromatic heterocycles. The van der Waals surface area contributed by atoms with E-state index in [2.05, 4.69) is 19.9 Å². The summed E-state index contributed by atoms with van der Waals surface area (Å²) in [4.78, 5) is 23.9. The Morgan fingerprint density at radius 1 is 1.04 bits per heavy atom. The van der Waals surface area contributed by atoms with Crippen molar-refractivity contribution in [3.8, 4) is 0 Å². The van der Waals surface area contributed by atoms with Gasteiger partial charge in [-0.25, -0.2) is 0 Å². The van der Waals surface area contributed by atoms with Gasteiger partial charge >= 0.3 is 0 Å². The Kier molecular flexibility index (Phi) is 4.02. The fourth-order valence-electron chi connectivity index (χ4n) is 6.77. The highest BCUT2D eigenvalue weighted by Crippen LogP contribution is 2.64. The molecule has 3 saturated carbocycles. The average Bonchev–Trinajstić information content (AvgIpc) is 2.83. The molecule has 4 rings (SSSR count). The zero-order valence-electron chi connectivity index (χ0n) is 15.3. The standard InChI is InChI=1S/C21H30O2S/c1-13(22)24-15-8-10-20(2)14(12-15)4-5-16-17-6-7-19(23)21(17,3)11-9-18(16)20/h12,15-18H,4-11H2,1-3H3/t15-,16-,17-,18-,20-,21-/m0/s1. The summed E-state index contributed by atoms with van der Waals surface area (Å²) in [6.45, 7) is 6.44. The van der Waals surface area contributed by atoms with Gasteiger partial charge < -0.3 is 0 Å². The van der Waals surface area contributed by atoms with E-state index in [4.69, 9.17) is 0 Å². The second-order valence-corrected chi connectivity index (χ2v) is 10.5. The van der Waals surface area contributed by atoms with Gasteiger partial charge in [0, 0.05) is 24.0 Å². The maximum Gasteiger partial charge on any atom is 0.186 e. The molecule has 132 valence electrons. The Bertz CT molecular complexity index is 609. The molecule has 0 unspecified atom stereocenters. The largest absolute Gasteiger partial charge is 0.299 e. The third kappa shape index (κ3) is 2.37. The van der Waals surface area contributed by atoms with E-state index >= 15 is 0 Å². The summed E-state index contributed by atoms with van der Waals surface area (Å²) in [6, 6.07) is 0. The second kappa shape index (κ2) is 5.72. The first kappa shape index (κ1) is 16.9. The smallest absolute Gasteiger partial charge is 0.186 e. The normalized spacial score (nSPS) is 47.5. The second-order valence-electron chi connectivity index (χ2n) is 9.13. The molecule has 4 aliphatic rings. The van der Waals surface area contributed by atoms with E-state index in [9.17, 15) is 9.59 Å². The SMILES string of the molecule is CC(=O)S[C@@H]1C=C2CC[C@@H]3[C@H](CC[C@]4(C)C(=O)CC[C@@H]34)[C@@]2(C)CC1. The van der Waals surface area contributed by atoms with Crippen molar-refractivity contribution in [3.63, 3.8) is 0 Å². The molecule has 0 radical (unpaired) electrons. The highest BCUT2D eigenvalue weighted by molar-refractivity contribution is 8.14. The summed E-state index contributed by atoms with van der Waals surface area (Å²) in [5, 5.41) is 0.635. The monoisotopic (exact) mass is 346 g/mol. The number of carbonyl (C=O) groups excluding carboxylic acids is 2. The summed E-state index contributed by atoms with van der Waals surface area (Å²) in [5.41, 5.74) is 1.94. The predicted octanol–water partition coefficient (Wildman–Crippen LogP) is 5.17. The van der Waals surface area contributed by atoms with Crippen molar-refractivity contribution in [2.45, 2.75) is 77.4 Å². The molecular formula is C21H30O2S. The Morgan fingerprint density at radius 2 is 1.75 bits per heavy atom. The molecule has 0 N–H and O–H groups in total. The summed E-state index contributed by atoms with van der Waals surface area (Å²) in [6.07, 6.45) is 11.5. The summed E-state index contributed by atoms with van der Waals surface area (Å²) < 4.78 is 0. The highest BCUT2D eigenvalue weighted by atomic mass is 32.2. The summed E-state index contributed by atoms with van der Waals surface area (Å²) in [5.74, 6) is 2.67. The number of thioether (sulfide) groups is 1. The van der Waals surface area contributed by atoms with Crippen LogP contribution in [0.3, 0.4) is 0 Å². The number of rotatable bonds is 1. The van der Waals surface area contributed by atoms with Gasteiger partial charge in [0.15, 0.2) is 5.12 Å². The first-order chi connectivity index (χ1) is 11.3. The predicted molar refractivity (Wildman–Crippen MR) is 98.8 cm³/mol. The van der Waals surface area contributed by atoms with Crippen molar-refractivity contribution in [2.24, 2.45) is 28.6 Å². The molecule has 0 amide bonds. The van der Waals surface area contributed by atoms with Crippen molar-refractivity contribution < 1.29 is 9.59 Å². The minimum atomic E-state index is -0.0135. The van der Waals surface area contributed by atoms with Crippen LogP contribution in [0, 0.1) is 28.6 Å². The van der Waals surface area contributed by atoms with E-state index in [0.717, 1.165) is 37.5 Å². The molecule has 0 aliphatic heterocycles. The number of carbonyl (C=O) groups is 2. The van der Waals surface area contributed by atoms with E-state index in [1.807, 2.05) is 0 Å². The van der Waals surface area contributed by atoms with Crippen LogP contribution < -0.4 is 0 Å². The van der Waals surface area contributed by atoms with Crippen LogP contribution in [0.2, 0.25) is 0 Å². The first-order valence-electron chi connectivity index (χ1n) is 9.76. The lowest BCUT2D eigenvalue weighted by Crippen LogP contribution is -2.50. The molecule has 4 aliphatic carbocycles. The lowest BCUT2D eigenvalue weighted by molar-refractivity contribution is -0.132. The number of allylic oxidation sites excluding steroid dienone is 1. The molecule has 0 saturated heterocycles. The maximum atomic E-state index is 12.5. The molecule has 0 aromatic carbocycles. The fourth-order valence-corrected chi connectivity index (χ4v) is 7.67. The van der Waals surface area contributed by atoms with Gasteiger partial charge in [-0.05, 0) is 68.1 Å². The molecule has 2 nitrogen and oxygen atoms in total. The van der Waals surface area contributed by atoms with Gasteiger partial charge in [-0.1, -0.05) is 37.3 Å². The quantitative estimate of drug-likeness (QED) is 0.615. The third-order valence-electron chi connectivity index (χ3n) is 8.10. The first-order valence-corrected chi connectivity index (χ1v) is 10.6. The van der Waals surface area contributed by atoms with E-state index in [-0.39, 0.29) is 10.5 Å². The summed E-state index contributed by atoms with van der Waals surface area (Å²) in [7, 11) is 0. The number of hydrogen-bond acceptors (Lipinski definition) is 3. The molecule has 0 heterocycles. The van der Waals surface area contributed by atoms with Gasteiger partial charge in [-0.2, -0.15) is 0 Å². The van der Waals surface area contributed by atoms with Gasteiger partial charge in [0.1, 0.15) is 5.78 Å². The summed E-state index contributed by atoms with van der Waals surface area (Å²) >= 11 is 1.51. The van der Waals surface area contributed by atoms with Crippen LogP contribution in [-0.2, 0) is 9.59 Å². The zero-order valence-corrected chi connectivity index (χ0v) is 16.1. The fraction of sp³-hybridized carbons (Fsp3) is 0.810. The van der Waals surface area contributed by atoms with E-state index in [0.29, 0.717) is 22.4 Å². The Balaban J connectivity index is 1.61. The van der Waals surface area contributed by atoms with Crippen molar-refractivity contribution in [1.82, 2.24) is 0 Å². The molecule has 3 heteroatoms. The molecular weight excluding hydrogens is 316 g/mol. The van der Waals surface area contributed by atoms with Crippen LogP contribution in [-0.4, -0.2) is 16.1 Å². The lowest BCUT2D eigenvalue weighted by atomic mass is 9.47. The van der Waals surface area contributed by atoms with Gasteiger partial charge in [-0.15, -0.1) is 0 Å². The van der Waals surface area contributed by atoms with Gasteiger partial charge in [0.25, 0.3) is 0 Å². The Labute approximate surface area is 150 Å². The third-order valence-corrected chi connectivity index (χ3v) is 9.10. The maximum absolute atomic E-state index is 12.5. The molecule has 0 aromatic rings. The van der Waals surface area contributed by atoms with Crippen molar-refractivity contribution in [1.29, 1.82) is 0 Å². The number of ketones is 1. The molecule has 0 bridgehead atoms. The van der Waals surface area contributed by atoms with Crippen LogP contribution >= 0.6 is 11.8 Å². The average molecular weight is 347 g/mol. The molecule has 24 heavy (non-hydrogen) atoms. The Hall–Kier alpha value is -0.570. The van der Waals surface area contributed by atoms with Gasteiger partial charge in [-0.3, -0.25) is 9.59 Å². The van der Waals surface area contributed by atoms with Crippen LogP contribution in [0.5, 0.6) is 0 Å². The van der Waals surface area contributed by atoms with Crippen LogP contribution in [0.1, 0.15) is 72.1 Å². The van der Waals surface area contributed by atoms with Gasteiger partial charge in [0.05, 0.1) is 0 Å². The molecule has 3 fully saturated rings. The van der Waals surface area contributed by atoms with E-state index in [1.54, 1.807) is 12.5 Å². The van der Waals surface area contributed by atoms with E-state index in [1.165, 1.54) is 37.4 Å². The minimum absolute atomic E-state index is 0.0135. The Morgan fingerprint density at radius 3 is 2.50 bits per heavy atom. The molecule has 0 spiro atoms. The lowest BCUT2D eigenvalue weighted by Gasteiger charge is -2.57. The highest BCUT2D eigenvalue weighted by Gasteiger charge is 2.58. The van der Waals surface area contributed by atoms with Gasteiger partial charge in [0.2, 0.25) is 0 Å². The van der Waals surface area contributed by atoms with E-state index < -0.39 is 0 Å².